The minimum absolute atomic E-state index is 0.110. The number of hydrogen-bond donors (Lipinski definition) is 1. The molecule has 6 nitrogen and oxygen atoms in total. The van der Waals surface area contributed by atoms with Crippen LogP contribution >= 0.6 is 0 Å². The summed E-state index contributed by atoms with van der Waals surface area (Å²) in [7, 11) is 2.89. The molecule has 0 spiro atoms. The highest BCUT2D eigenvalue weighted by molar-refractivity contribution is 5.79. The Kier molecular flexibility index (Phi) is 5.88. The van der Waals surface area contributed by atoms with Gasteiger partial charge in [-0.3, -0.25) is 4.79 Å². The van der Waals surface area contributed by atoms with Crippen molar-refractivity contribution < 1.29 is 28.9 Å². The normalized spacial score (nSPS) is 11.1. The minimum Gasteiger partial charge on any atom is -0.479 e. The van der Waals surface area contributed by atoms with Crippen LogP contribution in [0.25, 0.3) is 0 Å². The van der Waals surface area contributed by atoms with Crippen LogP contribution in [0.3, 0.4) is 0 Å². The molecule has 0 aliphatic carbocycles. The molecule has 0 aliphatic heterocycles. The van der Waals surface area contributed by atoms with Crippen molar-refractivity contribution in [3.63, 3.8) is 0 Å². The van der Waals surface area contributed by atoms with E-state index in [1.165, 1.54) is 14.2 Å². The molecule has 0 saturated carbocycles. The Hall–Kier alpha value is -1.14. The Morgan fingerprint density at radius 2 is 1.67 bits per heavy atom. The molecule has 0 aromatic heterocycles. The maximum Gasteiger partial charge on any atom is 0.341 e. The molecule has 0 aromatic rings. The van der Waals surface area contributed by atoms with Crippen molar-refractivity contribution in [2.45, 2.75) is 6.92 Å². The number of carboxylic acids is 1. The molecule has 0 radical (unpaired) electrons. The second-order valence-corrected chi connectivity index (χ2v) is 3.40. The topological polar surface area (TPSA) is 82.1 Å². The lowest BCUT2D eigenvalue weighted by atomic mass is 9.93. The molecule has 0 atom stereocenters. The quantitative estimate of drug-likeness (QED) is 0.604. The van der Waals surface area contributed by atoms with Crippen LogP contribution in [0.5, 0.6) is 0 Å². The molecule has 1 N–H and O–H groups in total. The fourth-order valence-electron chi connectivity index (χ4n) is 1.10. The van der Waals surface area contributed by atoms with Crippen LogP contribution in [0, 0.1) is 5.41 Å². The lowest BCUT2D eigenvalue weighted by Gasteiger charge is -2.24. The summed E-state index contributed by atoms with van der Waals surface area (Å²) in [5.41, 5.74) is -0.973. The molecule has 0 unspecified atom stereocenters. The van der Waals surface area contributed by atoms with Crippen molar-refractivity contribution in [2.24, 2.45) is 5.41 Å². The summed E-state index contributed by atoms with van der Waals surface area (Å²) >= 11 is 0. The van der Waals surface area contributed by atoms with E-state index in [2.05, 4.69) is 4.74 Å². The van der Waals surface area contributed by atoms with Gasteiger partial charge in [-0.1, -0.05) is 0 Å². The number of carbonyl (C=O) groups is 2. The maximum atomic E-state index is 11.5. The molecule has 88 valence electrons. The Morgan fingerprint density at radius 1 is 1.20 bits per heavy atom. The van der Waals surface area contributed by atoms with E-state index in [9.17, 15) is 9.59 Å². The fraction of sp³-hybridized carbons (Fsp3) is 0.778. The van der Waals surface area contributed by atoms with Crippen molar-refractivity contribution in [3.8, 4) is 0 Å². The number of esters is 1. The van der Waals surface area contributed by atoms with Crippen molar-refractivity contribution >= 4 is 11.9 Å². The van der Waals surface area contributed by atoms with Gasteiger partial charge in [0.15, 0.2) is 6.61 Å². The van der Waals surface area contributed by atoms with Gasteiger partial charge >= 0.3 is 11.9 Å². The first kappa shape index (κ1) is 13.9. The van der Waals surface area contributed by atoms with Crippen molar-refractivity contribution in [1.29, 1.82) is 0 Å². The predicted octanol–water partition coefficient (Wildman–Crippen LogP) is -0.0867. The molecule has 0 amide bonds. The molecule has 0 saturated heterocycles. The third kappa shape index (κ3) is 4.75. The molecule has 0 fully saturated rings. The Balaban J connectivity index is 4.33. The summed E-state index contributed by atoms with van der Waals surface area (Å²) in [4.78, 5) is 21.7. The highest BCUT2D eigenvalue weighted by Gasteiger charge is 2.35. The number of ether oxygens (including phenoxy) is 3. The third-order valence-electron chi connectivity index (χ3n) is 1.75. The van der Waals surface area contributed by atoms with Gasteiger partial charge in [-0.2, -0.15) is 0 Å². The van der Waals surface area contributed by atoms with Gasteiger partial charge < -0.3 is 19.3 Å². The predicted molar refractivity (Wildman–Crippen MR) is 50.5 cm³/mol. The van der Waals surface area contributed by atoms with E-state index in [0.29, 0.717) is 0 Å². The number of carbonyl (C=O) groups excluding carboxylic acids is 1. The second kappa shape index (κ2) is 6.36. The summed E-state index contributed by atoms with van der Waals surface area (Å²) in [5.74, 6) is -1.84. The number of hydrogen-bond acceptors (Lipinski definition) is 5. The molecule has 0 bridgehead atoms. The molecule has 6 heteroatoms. The lowest BCUT2D eigenvalue weighted by Crippen LogP contribution is -2.39. The van der Waals surface area contributed by atoms with Gasteiger partial charge in [0.1, 0.15) is 5.41 Å². The van der Waals surface area contributed by atoms with E-state index in [1.54, 1.807) is 6.92 Å². The molecule has 15 heavy (non-hydrogen) atoms. The van der Waals surface area contributed by atoms with E-state index < -0.39 is 24.0 Å². The first-order valence-corrected chi connectivity index (χ1v) is 4.33. The molecule has 0 rings (SSSR count). The van der Waals surface area contributed by atoms with Crippen LogP contribution < -0.4 is 0 Å². The summed E-state index contributed by atoms with van der Waals surface area (Å²) in [6, 6.07) is 0. The zero-order valence-electron chi connectivity index (χ0n) is 9.11. The molecule has 0 aromatic carbocycles. The van der Waals surface area contributed by atoms with E-state index in [1.807, 2.05) is 0 Å². The fourth-order valence-corrected chi connectivity index (χ4v) is 1.10. The average molecular weight is 220 g/mol. The van der Waals surface area contributed by atoms with Crippen molar-refractivity contribution in [3.05, 3.63) is 0 Å². The Morgan fingerprint density at radius 3 is 2.00 bits per heavy atom. The monoisotopic (exact) mass is 220 g/mol. The SMILES string of the molecule is COCC(C)(COC)C(=O)OCC(=O)O. The first-order chi connectivity index (χ1) is 6.96. The molecule has 0 heterocycles. The Bertz CT molecular complexity index is 219. The van der Waals surface area contributed by atoms with Crippen LogP contribution in [-0.4, -0.2) is 51.1 Å². The zero-order chi connectivity index (χ0) is 11.9. The van der Waals surface area contributed by atoms with Crippen LogP contribution in [0.4, 0.5) is 0 Å². The highest BCUT2D eigenvalue weighted by Crippen LogP contribution is 2.19. The third-order valence-corrected chi connectivity index (χ3v) is 1.75. The second-order valence-electron chi connectivity index (χ2n) is 3.40. The van der Waals surface area contributed by atoms with Crippen molar-refractivity contribution in [2.75, 3.05) is 34.0 Å². The molecule has 0 aliphatic rings. The van der Waals surface area contributed by atoms with Gasteiger partial charge in [0, 0.05) is 14.2 Å². The Labute approximate surface area is 88.1 Å². The maximum absolute atomic E-state index is 11.5. The summed E-state index contributed by atoms with van der Waals surface area (Å²) in [6.45, 7) is 1.16. The van der Waals surface area contributed by atoms with E-state index in [4.69, 9.17) is 14.6 Å². The minimum atomic E-state index is -1.19. The number of aliphatic carboxylic acids is 1. The molecular weight excluding hydrogens is 204 g/mol. The largest absolute Gasteiger partial charge is 0.479 e. The standard InChI is InChI=1S/C9H16O6/c1-9(5-13-2,6-14-3)8(12)15-4-7(10)11/h4-6H2,1-3H3,(H,10,11). The first-order valence-electron chi connectivity index (χ1n) is 4.33. The van der Waals surface area contributed by atoms with Gasteiger partial charge in [-0.05, 0) is 6.92 Å². The zero-order valence-corrected chi connectivity index (χ0v) is 9.11. The summed E-state index contributed by atoms with van der Waals surface area (Å²) in [6.07, 6.45) is 0. The number of methoxy groups -OCH3 is 2. The van der Waals surface area contributed by atoms with Crippen molar-refractivity contribution in [1.82, 2.24) is 0 Å². The van der Waals surface area contributed by atoms with E-state index >= 15 is 0 Å². The smallest absolute Gasteiger partial charge is 0.341 e. The highest BCUT2D eigenvalue weighted by atomic mass is 16.6. The van der Waals surface area contributed by atoms with E-state index in [0.717, 1.165) is 0 Å². The van der Waals surface area contributed by atoms with Crippen LogP contribution in [-0.2, 0) is 23.8 Å². The lowest BCUT2D eigenvalue weighted by molar-refractivity contribution is -0.167. The van der Waals surface area contributed by atoms with Gasteiger partial charge in [-0.25, -0.2) is 4.79 Å². The summed E-state index contributed by atoms with van der Waals surface area (Å²) in [5, 5.41) is 8.35. The van der Waals surface area contributed by atoms with Gasteiger partial charge in [0.2, 0.25) is 0 Å². The molecular formula is C9H16O6. The summed E-state index contributed by atoms with van der Waals surface area (Å²) < 4.78 is 14.3. The van der Waals surface area contributed by atoms with Gasteiger partial charge in [0.05, 0.1) is 13.2 Å². The number of rotatable bonds is 7. The van der Waals surface area contributed by atoms with E-state index in [-0.39, 0.29) is 13.2 Å². The van der Waals surface area contributed by atoms with Crippen LogP contribution in [0.1, 0.15) is 6.92 Å². The van der Waals surface area contributed by atoms with Crippen LogP contribution in [0.15, 0.2) is 0 Å². The average Bonchev–Trinajstić information content (AvgIpc) is 2.14. The van der Waals surface area contributed by atoms with Crippen LogP contribution in [0.2, 0.25) is 0 Å². The number of carboxylic acid groups (broad SMARTS) is 1. The van der Waals surface area contributed by atoms with Gasteiger partial charge in [-0.15, -0.1) is 0 Å². The van der Waals surface area contributed by atoms with Gasteiger partial charge in [0.25, 0.3) is 0 Å².